The number of carbonyl (C=O) groups excluding carboxylic acids is 1. The summed E-state index contributed by atoms with van der Waals surface area (Å²) < 4.78 is 5.23. The van der Waals surface area contributed by atoms with E-state index < -0.39 is 0 Å². The van der Waals surface area contributed by atoms with Crippen molar-refractivity contribution in [3.8, 4) is 5.75 Å². The van der Waals surface area contributed by atoms with Gasteiger partial charge in [-0.1, -0.05) is 49.0 Å². The van der Waals surface area contributed by atoms with E-state index in [-0.39, 0.29) is 11.7 Å². The van der Waals surface area contributed by atoms with Gasteiger partial charge >= 0.3 is 0 Å². The number of nitrogens with zero attached hydrogens (tertiary/aromatic N) is 1. The van der Waals surface area contributed by atoms with Gasteiger partial charge in [-0.2, -0.15) is 0 Å². The first-order chi connectivity index (χ1) is 12.1. The van der Waals surface area contributed by atoms with Crippen molar-refractivity contribution in [2.45, 2.75) is 13.0 Å². The Morgan fingerprint density at radius 1 is 1.24 bits per heavy atom. The molecule has 0 fully saturated rings. The zero-order valence-electron chi connectivity index (χ0n) is 14.9. The summed E-state index contributed by atoms with van der Waals surface area (Å²) in [7, 11) is 3.64. The van der Waals surface area contributed by atoms with Crippen molar-refractivity contribution in [3.05, 3.63) is 84.1 Å². The van der Waals surface area contributed by atoms with Gasteiger partial charge in [0.2, 0.25) is 0 Å². The average molecular weight is 335 g/mol. The molecule has 1 unspecified atom stereocenters. The molecule has 3 nitrogen and oxygen atoms in total. The third-order valence-corrected chi connectivity index (χ3v) is 4.10. The Balaban J connectivity index is 2.11. The zero-order valence-corrected chi connectivity index (χ0v) is 14.9. The molecule has 0 spiro atoms. The standard InChI is InChI=1S/C22H25NO2/c1-4-5-12-20(17-23(2)16-18-10-7-6-8-11-18)22(24)19-13-9-14-21(15-19)25-3/h5-11,13-15,20H,1,12,16-17H2,2-3H3. The largest absolute Gasteiger partial charge is 0.497 e. The molecule has 0 bridgehead atoms. The molecule has 2 aromatic carbocycles. The first-order valence-electron chi connectivity index (χ1n) is 8.39. The van der Waals surface area contributed by atoms with E-state index in [1.54, 1.807) is 13.2 Å². The van der Waals surface area contributed by atoms with Gasteiger partial charge in [0.1, 0.15) is 5.75 Å². The molecule has 0 heterocycles. The second-order valence-corrected chi connectivity index (χ2v) is 6.12. The average Bonchev–Trinajstić information content (AvgIpc) is 2.65. The lowest BCUT2D eigenvalue weighted by molar-refractivity contribution is 0.0888. The van der Waals surface area contributed by atoms with Crippen molar-refractivity contribution >= 4 is 5.78 Å². The molecule has 2 rings (SSSR count). The Morgan fingerprint density at radius 2 is 2.00 bits per heavy atom. The fourth-order valence-electron chi connectivity index (χ4n) is 2.84. The highest BCUT2D eigenvalue weighted by atomic mass is 16.5. The van der Waals surface area contributed by atoms with Crippen LogP contribution in [0.1, 0.15) is 22.3 Å². The Labute approximate surface area is 150 Å². The summed E-state index contributed by atoms with van der Waals surface area (Å²) in [6, 6.07) is 17.6. The van der Waals surface area contributed by atoms with Crippen molar-refractivity contribution in [1.82, 2.24) is 4.90 Å². The second kappa shape index (κ2) is 9.63. The predicted octanol–water partition coefficient (Wildman–Crippen LogP) is 4.36. The normalized spacial score (nSPS) is 11.6. The lowest BCUT2D eigenvalue weighted by atomic mass is 9.93. The maximum atomic E-state index is 13.0. The van der Waals surface area contributed by atoms with Crippen LogP contribution in [-0.2, 0) is 6.54 Å². The Morgan fingerprint density at radius 3 is 2.68 bits per heavy atom. The number of carbonyl (C=O) groups is 1. The molecule has 0 aromatic heterocycles. The van der Waals surface area contributed by atoms with Crippen molar-refractivity contribution in [1.29, 1.82) is 0 Å². The SMILES string of the molecule is C=C=CCC(CN(C)Cc1ccccc1)C(=O)c1cccc(OC)c1. The van der Waals surface area contributed by atoms with Gasteiger partial charge in [0.25, 0.3) is 0 Å². The summed E-state index contributed by atoms with van der Waals surface area (Å²) in [6.07, 6.45) is 2.46. The molecule has 3 heteroatoms. The second-order valence-electron chi connectivity index (χ2n) is 6.12. The number of hydrogen-bond acceptors (Lipinski definition) is 3. The highest BCUT2D eigenvalue weighted by Gasteiger charge is 2.21. The molecule has 0 aliphatic rings. The van der Waals surface area contributed by atoms with Crippen LogP contribution in [0.2, 0.25) is 0 Å². The molecule has 130 valence electrons. The summed E-state index contributed by atoms with van der Waals surface area (Å²) in [4.78, 5) is 15.1. The van der Waals surface area contributed by atoms with E-state index in [9.17, 15) is 4.79 Å². The molecule has 2 aromatic rings. The smallest absolute Gasteiger partial charge is 0.167 e. The summed E-state index contributed by atoms with van der Waals surface area (Å²) >= 11 is 0. The van der Waals surface area contributed by atoms with Crippen LogP contribution < -0.4 is 4.74 Å². The molecule has 0 N–H and O–H groups in total. The molecule has 0 saturated heterocycles. The highest BCUT2D eigenvalue weighted by molar-refractivity contribution is 5.98. The quantitative estimate of drug-likeness (QED) is 0.504. The van der Waals surface area contributed by atoms with Gasteiger partial charge in [-0.05, 0) is 37.2 Å². The molecule has 0 aliphatic carbocycles. The van der Waals surface area contributed by atoms with E-state index in [0.29, 0.717) is 24.3 Å². The lowest BCUT2D eigenvalue weighted by Gasteiger charge is -2.22. The Hall–Kier alpha value is -2.61. The minimum Gasteiger partial charge on any atom is -0.497 e. The van der Waals surface area contributed by atoms with Gasteiger partial charge in [0, 0.05) is 24.6 Å². The number of benzene rings is 2. The fourth-order valence-corrected chi connectivity index (χ4v) is 2.84. The van der Waals surface area contributed by atoms with Crippen LogP contribution in [0, 0.1) is 5.92 Å². The number of allylic oxidation sites excluding steroid dienone is 1. The number of ketones is 1. The zero-order chi connectivity index (χ0) is 18.1. The third-order valence-electron chi connectivity index (χ3n) is 4.10. The number of hydrogen-bond donors (Lipinski definition) is 0. The first-order valence-corrected chi connectivity index (χ1v) is 8.39. The maximum absolute atomic E-state index is 13.0. The van der Waals surface area contributed by atoms with Crippen LogP contribution in [0.3, 0.4) is 0 Å². The van der Waals surface area contributed by atoms with Crippen molar-refractivity contribution in [2.24, 2.45) is 5.92 Å². The fraction of sp³-hybridized carbons (Fsp3) is 0.273. The number of Topliss-reactive ketones (excluding diaryl/α,β-unsaturated/α-hetero) is 1. The topological polar surface area (TPSA) is 29.5 Å². The highest BCUT2D eigenvalue weighted by Crippen LogP contribution is 2.19. The van der Waals surface area contributed by atoms with Gasteiger partial charge in [-0.3, -0.25) is 4.79 Å². The predicted molar refractivity (Wildman–Crippen MR) is 102 cm³/mol. The van der Waals surface area contributed by atoms with Gasteiger partial charge in [-0.25, -0.2) is 0 Å². The van der Waals surface area contributed by atoms with Crippen molar-refractivity contribution in [3.63, 3.8) is 0 Å². The Bertz CT molecular complexity index is 733. The van der Waals surface area contributed by atoms with Gasteiger partial charge < -0.3 is 9.64 Å². The lowest BCUT2D eigenvalue weighted by Crippen LogP contribution is -2.30. The van der Waals surface area contributed by atoms with E-state index in [0.717, 1.165) is 6.54 Å². The molecule has 0 aliphatic heterocycles. The first kappa shape index (κ1) is 18.7. The van der Waals surface area contributed by atoms with E-state index in [1.165, 1.54) is 5.56 Å². The van der Waals surface area contributed by atoms with Gasteiger partial charge in [-0.15, -0.1) is 5.73 Å². The molecule has 0 radical (unpaired) electrons. The molecule has 0 amide bonds. The summed E-state index contributed by atoms with van der Waals surface area (Å²) in [5, 5.41) is 0. The van der Waals surface area contributed by atoms with Crippen molar-refractivity contribution < 1.29 is 9.53 Å². The van der Waals surface area contributed by atoms with Crippen LogP contribution in [0.5, 0.6) is 5.75 Å². The molecule has 25 heavy (non-hydrogen) atoms. The van der Waals surface area contributed by atoms with Crippen LogP contribution in [0.25, 0.3) is 0 Å². The number of methoxy groups -OCH3 is 1. The van der Waals surface area contributed by atoms with Crippen LogP contribution in [0.15, 0.2) is 73.0 Å². The molecular weight excluding hydrogens is 310 g/mol. The monoisotopic (exact) mass is 335 g/mol. The van der Waals surface area contributed by atoms with Crippen molar-refractivity contribution in [2.75, 3.05) is 20.7 Å². The van der Waals surface area contributed by atoms with E-state index >= 15 is 0 Å². The number of ether oxygens (including phenoxy) is 1. The third kappa shape index (κ3) is 5.75. The van der Waals surface area contributed by atoms with Crippen LogP contribution in [0.4, 0.5) is 0 Å². The summed E-state index contributed by atoms with van der Waals surface area (Å²) in [5.74, 6) is 0.668. The summed E-state index contributed by atoms with van der Waals surface area (Å²) in [6.45, 7) is 5.09. The number of rotatable bonds is 9. The molecule has 0 saturated carbocycles. The molecular formula is C22H25NO2. The van der Waals surface area contributed by atoms with Crippen LogP contribution in [-0.4, -0.2) is 31.4 Å². The van der Waals surface area contributed by atoms with E-state index in [1.807, 2.05) is 49.5 Å². The van der Waals surface area contributed by atoms with E-state index in [2.05, 4.69) is 29.3 Å². The van der Waals surface area contributed by atoms with E-state index in [4.69, 9.17) is 4.74 Å². The summed E-state index contributed by atoms with van der Waals surface area (Å²) in [5.41, 5.74) is 4.69. The van der Waals surface area contributed by atoms with Crippen LogP contribution >= 0.6 is 0 Å². The minimum absolute atomic E-state index is 0.116. The Kier molecular flexibility index (Phi) is 7.21. The minimum atomic E-state index is -0.143. The van der Waals surface area contributed by atoms with Gasteiger partial charge in [0.15, 0.2) is 5.78 Å². The maximum Gasteiger partial charge on any atom is 0.167 e. The molecule has 1 atom stereocenters. The van der Waals surface area contributed by atoms with Gasteiger partial charge in [0.05, 0.1) is 7.11 Å².